The number of hydrogen-bond donors (Lipinski definition) is 1. The van der Waals surface area contributed by atoms with Crippen molar-refractivity contribution in [3.8, 4) is 0 Å². The highest BCUT2D eigenvalue weighted by atomic mass is 32.2. The molecule has 5 nitrogen and oxygen atoms in total. The van der Waals surface area contributed by atoms with Crippen LogP contribution >= 0.6 is 11.8 Å². The molecular weight excluding hydrogens is 296 g/mol. The Morgan fingerprint density at radius 2 is 2.23 bits per heavy atom. The van der Waals surface area contributed by atoms with E-state index in [0.29, 0.717) is 18.2 Å². The van der Waals surface area contributed by atoms with Gasteiger partial charge >= 0.3 is 0 Å². The SMILES string of the molecule is Cc1c(CSC(C)C)cccc1NC(=O)CCn1cncn1. The Bertz CT molecular complexity index is 611. The average molecular weight is 318 g/mol. The summed E-state index contributed by atoms with van der Waals surface area (Å²) in [6.07, 6.45) is 3.47. The number of thioether (sulfide) groups is 1. The summed E-state index contributed by atoms with van der Waals surface area (Å²) >= 11 is 1.90. The van der Waals surface area contributed by atoms with Gasteiger partial charge in [0.15, 0.2) is 0 Å². The van der Waals surface area contributed by atoms with Gasteiger partial charge in [0.1, 0.15) is 12.7 Å². The van der Waals surface area contributed by atoms with Gasteiger partial charge in [0.05, 0.1) is 6.54 Å². The summed E-state index contributed by atoms with van der Waals surface area (Å²) in [4.78, 5) is 15.9. The van der Waals surface area contributed by atoms with Crippen molar-refractivity contribution in [3.05, 3.63) is 42.0 Å². The molecule has 0 fully saturated rings. The van der Waals surface area contributed by atoms with E-state index in [2.05, 4.69) is 42.2 Å². The van der Waals surface area contributed by atoms with Gasteiger partial charge < -0.3 is 5.32 Å². The lowest BCUT2D eigenvalue weighted by atomic mass is 10.1. The Morgan fingerprint density at radius 1 is 1.41 bits per heavy atom. The molecule has 0 spiro atoms. The summed E-state index contributed by atoms with van der Waals surface area (Å²) in [7, 11) is 0. The molecule has 1 N–H and O–H groups in total. The van der Waals surface area contributed by atoms with Crippen LogP contribution in [0.25, 0.3) is 0 Å². The van der Waals surface area contributed by atoms with Crippen LogP contribution in [0, 0.1) is 6.92 Å². The number of hydrogen-bond acceptors (Lipinski definition) is 4. The first-order valence-electron chi connectivity index (χ1n) is 7.38. The molecule has 0 bridgehead atoms. The lowest BCUT2D eigenvalue weighted by Gasteiger charge is -2.13. The third kappa shape index (κ3) is 4.87. The van der Waals surface area contributed by atoms with Crippen molar-refractivity contribution in [2.24, 2.45) is 0 Å². The van der Waals surface area contributed by atoms with Crippen molar-refractivity contribution in [3.63, 3.8) is 0 Å². The van der Waals surface area contributed by atoms with E-state index in [1.165, 1.54) is 11.9 Å². The fraction of sp³-hybridized carbons (Fsp3) is 0.438. The fourth-order valence-corrected chi connectivity index (χ4v) is 2.83. The minimum absolute atomic E-state index is 0.00716. The van der Waals surface area contributed by atoms with E-state index < -0.39 is 0 Å². The van der Waals surface area contributed by atoms with Gasteiger partial charge in [-0.15, -0.1) is 0 Å². The number of aryl methyl sites for hydroxylation is 1. The minimum atomic E-state index is -0.00716. The predicted molar refractivity (Wildman–Crippen MR) is 90.9 cm³/mol. The van der Waals surface area contributed by atoms with Crippen molar-refractivity contribution < 1.29 is 4.79 Å². The third-order valence-electron chi connectivity index (χ3n) is 3.33. The van der Waals surface area contributed by atoms with E-state index in [1.54, 1.807) is 11.0 Å². The zero-order valence-corrected chi connectivity index (χ0v) is 14.1. The van der Waals surface area contributed by atoms with E-state index in [0.717, 1.165) is 17.0 Å². The molecule has 2 aromatic rings. The molecule has 1 aromatic heterocycles. The molecule has 1 heterocycles. The lowest BCUT2D eigenvalue weighted by molar-refractivity contribution is -0.116. The highest BCUT2D eigenvalue weighted by Crippen LogP contribution is 2.24. The molecule has 118 valence electrons. The Balaban J connectivity index is 1.93. The molecular formula is C16H22N4OS. The van der Waals surface area contributed by atoms with Crippen LogP contribution in [0.1, 0.15) is 31.4 Å². The average Bonchev–Trinajstić information content (AvgIpc) is 2.99. The normalized spacial score (nSPS) is 10.9. The van der Waals surface area contributed by atoms with Gasteiger partial charge in [0.2, 0.25) is 5.91 Å². The summed E-state index contributed by atoms with van der Waals surface area (Å²) in [5.74, 6) is 0.957. The number of rotatable bonds is 7. The Kier molecular flexibility index (Phi) is 6.00. The lowest BCUT2D eigenvalue weighted by Crippen LogP contribution is -2.15. The van der Waals surface area contributed by atoms with Gasteiger partial charge in [-0.25, -0.2) is 4.98 Å². The molecule has 1 aromatic carbocycles. The molecule has 0 aliphatic carbocycles. The molecule has 0 aliphatic rings. The summed E-state index contributed by atoms with van der Waals surface area (Å²) in [5.41, 5.74) is 3.31. The number of carbonyl (C=O) groups excluding carboxylic acids is 1. The molecule has 0 aliphatic heterocycles. The maximum absolute atomic E-state index is 12.1. The number of amides is 1. The van der Waals surface area contributed by atoms with Crippen molar-refractivity contribution in [1.82, 2.24) is 14.8 Å². The summed E-state index contributed by atoms with van der Waals surface area (Å²) < 4.78 is 1.65. The summed E-state index contributed by atoms with van der Waals surface area (Å²) in [5, 5.41) is 7.58. The highest BCUT2D eigenvalue weighted by Gasteiger charge is 2.09. The van der Waals surface area contributed by atoms with E-state index in [1.807, 2.05) is 23.9 Å². The van der Waals surface area contributed by atoms with Crippen LogP contribution in [-0.4, -0.2) is 25.9 Å². The van der Waals surface area contributed by atoms with Crippen LogP contribution in [-0.2, 0) is 17.1 Å². The molecule has 0 unspecified atom stereocenters. The highest BCUT2D eigenvalue weighted by molar-refractivity contribution is 7.99. The second kappa shape index (κ2) is 7.98. The maximum atomic E-state index is 12.1. The van der Waals surface area contributed by atoms with Crippen molar-refractivity contribution >= 4 is 23.4 Å². The van der Waals surface area contributed by atoms with Gasteiger partial charge in [0.25, 0.3) is 0 Å². The van der Waals surface area contributed by atoms with Gasteiger partial charge in [-0.3, -0.25) is 9.48 Å². The number of aromatic nitrogens is 3. The smallest absolute Gasteiger partial charge is 0.226 e. The summed E-state index contributed by atoms with van der Waals surface area (Å²) in [6, 6.07) is 6.07. The van der Waals surface area contributed by atoms with E-state index in [4.69, 9.17) is 0 Å². The number of nitrogens with zero attached hydrogens (tertiary/aromatic N) is 3. The van der Waals surface area contributed by atoms with Gasteiger partial charge in [-0.1, -0.05) is 26.0 Å². The van der Waals surface area contributed by atoms with Gasteiger partial charge in [0, 0.05) is 17.9 Å². The van der Waals surface area contributed by atoms with E-state index >= 15 is 0 Å². The van der Waals surface area contributed by atoms with Crippen molar-refractivity contribution in [2.45, 2.75) is 44.7 Å². The molecule has 1 amide bonds. The summed E-state index contributed by atoms with van der Waals surface area (Å²) in [6.45, 7) is 6.97. The van der Waals surface area contributed by atoms with Crippen LogP contribution < -0.4 is 5.32 Å². The van der Waals surface area contributed by atoms with E-state index in [-0.39, 0.29) is 5.91 Å². The molecule has 0 saturated carbocycles. The number of nitrogens with one attached hydrogen (secondary N) is 1. The largest absolute Gasteiger partial charge is 0.326 e. The first kappa shape index (κ1) is 16.5. The third-order valence-corrected chi connectivity index (χ3v) is 4.47. The second-order valence-corrected chi connectivity index (χ2v) is 6.97. The van der Waals surface area contributed by atoms with Crippen molar-refractivity contribution in [2.75, 3.05) is 5.32 Å². The monoisotopic (exact) mass is 318 g/mol. The fourth-order valence-electron chi connectivity index (χ4n) is 2.01. The zero-order chi connectivity index (χ0) is 15.9. The quantitative estimate of drug-likeness (QED) is 0.851. The molecule has 0 atom stereocenters. The van der Waals surface area contributed by atoms with Crippen molar-refractivity contribution in [1.29, 1.82) is 0 Å². The second-order valence-electron chi connectivity index (χ2n) is 5.41. The standard InChI is InChI=1S/C16H22N4OS/c1-12(2)22-9-14-5-4-6-15(13(14)3)19-16(21)7-8-20-11-17-10-18-20/h4-6,10-12H,7-9H2,1-3H3,(H,19,21). The number of carbonyl (C=O) groups is 1. The zero-order valence-electron chi connectivity index (χ0n) is 13.2. The van der Waals surface area contributed by atoms with Crippen LogP contribution in [0.3, 0.4) is 0 Å². The number of anilines is 1. The number of benzene rings is 1. The molecule has 22 heavy (non-hydrogen) atoms. The molecule has 6 heteroatoms. The Morgan fingerprint density at radius 3 is 2.91 bits per heavy atom. The molecule has 0 saturated heterocycles. The van der Waals surface area contributed by atoms with Gasteiger partial charge in [-0.05, 0) is 29.4 Å². The minimum Gasteiger partial charge on any atom is -0.326 e. The van der Waals surface area contributed by atoms with Crippen LogP contribution in [0.15, 0.2) is 30.9 Å². The maximum Gasteiger partial charge on any atom is 0.226 e. The van der Waals surface area contributed by atoms with Gasteiger partial charge in [-0.2, -0.15) is 16.9 Å². The molecule has 2 rings (SSSR count). The van der Waals surface area contributed by atoms with E-state index in [9.17, 15) is 4.79 Å². The predicted octanol–water partition coefficient (Wildman–Crippen LogP) is 3.26. The molecule has 0 radical (unpaired) electrons. The Labute approximate surface area is 135 Å². The first-order chi connectivity index (χ1) is 10.6. The van der Waals surface area contributed by atoms with Crippen LogP contribution in [0.5, 0.6) is 0 Å². The first-order valence-corrected chi connectivity index (χ1v) is 8.43. The van der Waals surface area contributed by atoms with Crippen LogP contribution in [0.2, 0.25) is 0 Å². The van der Waals surface area contributed by atoms with Crippen LogP contribution in [0.4, 0.5) is 5.69 Å². The topological polar surface area (TPSA) is 59.8 Å². The Hall–Kier alpha value is -1.82.